The Bertz CT molecular complexity index is 811. The second kappa shape index (κ2) is 7.53. The van der Waals surface area contributed by atoms with Gasteiger partial charge in [0.2, 0.25) is 0 Å². The van der Waals surface area contributed by atoms with Crippen LogP contribution in [0, 0.1) is 6.92 Å². The summed E-state index contributed by atoms with van der Waals surface area (Å²) in [6.07, 6.45) is 5.08. The average molecular weight is 359 g/mol. The highest BCUT2D eigenvalue weighted by molar-refractivity contribution is 6.29. The monoisotopic (exact) mass is 358 g/mol. The van der Waals surface area contributed by atoms with Gasteiger partial charge in [-0.15, -0.1) is 6.58 Å². The first-order valence-corrected chi connectivity index (χ1v) is 8.30. The number of hydrogen-bond donors (Lipinski definition) is 0. The van der Waals surface area contributed by atoms with Gasteiger partial charge in [-0.25, -0.2) is 9.78 Å². The third-order valence-corrected chi connectivity index (χ3v) is 4.08. The summed E-state index contributed by atoms with van der Waals surface area (Å²) in [5.41, 5.74) is 3.82. The zero-order valence-corrected chi connectivity index (χ0v) is 14.7. The molecule has 1 aliphatic heterocycles. The van der Waals surface area contributed by atoms with Crippen molar-refractivity contribution in [3.63, 3.8) is 0 Å². The summed E-state index contributed by atoms with van der Waals surface area (Å²) in [4.78, 5) is 17.7. The first-order valence-electron chi connectivity index (χ1n) is 7.92. The molecule has 0 spiro atoms. The van der Waals surface area contributed by atoms with Gasteiger partial charge in [-0.3, -0.25) is 4.68 Å². The molecule has 0 saturated carbocycles. The van der Waals surface area contributed by atoms with Crippen molar-refractivity contribution in [1.29, 1.82) is 0 Å². The SMILES string of the molecule is C=CCn1nc(C)cc1CN(Cc1ccc(Cl)nc1)C1=CC(=O)OC1. The maximum Gasteiger partial charge on any atom is 0.333 e. The van der Waals surface area contributed by atoms with E-state index in [1.54, 1.807) is 12.3 Å². The van der Waals surface area contributed by atoms with E-state index in [0.29, 0.717) is 24.8 Å². The second-order valence-electron chi connectivity index (χ2n) is 5.84. The fourth-order valence-electron chi connectivity index (χ4n) is 2.73. The molecular formula is C18H19ClN4O2. The Morgan fingerprint density at radius 1 is 1.44 bits per heavy atom. The molecule has 1 aliphatic rings. The Kier molecular flexibility index (Phi) is 5.19. The number of esters is 1. The zero-order valence-electron chi connectivity index (χ0n) is 14.0. The lowest BCUT2D eigenvalue weighted by molar-refractivity contribution is -0.135. The third kappa shape index (κ3) is 4.28. The van der Waals surface area contributed by atoms with Crippen molar-refractivity contribution in [3.8, 4) is 0 Å². The van der Waals surface area contributed by atoms with Gasteiger partial charge in [-0.1, -0.05) is 23.7 Å². The van der Waals surface area contributed by atoms with E-state index >= 15 is 0 Å². The van der Waals surface area contributed by atoms with E-state index in [1.165, 1.54) is 6.08 Å². The van der Waals surface area contributed by atoms with Gasteiger partial charge in [-0.05, 0) is 24.6 Å². The third-order valence-electron chi connectivity index (χ3n) is 3.86. The topological polar surface area (TPSA) is 60.2 Å². The molecule has 130 valence electrons. The highest BCUT2D eigenvalue weighted by Gasteiger charge is 2.21. The molecule has 0 atom stereocenters. The molecule has 0 saturated heterocycles. The van der Waals surface area contributed by atoms with Crippen LogP contribution in [-0.4, -0.2) is 32.2 Å². The molecule has 0 N–H and O–H groups in total. The summed E-state index contributed by atoms with van der Waals surface area (Å²) < 4.78 is 6.99. The molecule has 0 fully saturated rings. The lowest BCUT2D eigenvalue weighted by Crippen LogP contribution is -2.25. The molecule has 0 radical (unpaired) electrons. The Balaban J connectivity index is 1.86. The molecule has 0 unspecified atom stereocenters. The number of nitrogens with zero attached hydrogens (tertiary/aromatic N) is 4. The number of aryl methyl sites for hydroxylation is 1. The molecule has 6 nitrogen and oxygen atoms in total. The number of carbonyl (C=O) groups excluding carboxylic acids is 1. The molecule has 2 aromatic heterocycles. The van der Waals surface area contributed by atoms with Crippen molar-refractivity contribution in [2.75, 3.05) is 6.61 Å². The van der Waals surface area contributed by atoms with Crippen molar-refractivity contribution < 1.29 is 9.53 Å². The summed E-state index contributed by atoms with van der Waals surface area (Å²) in [7, 11) is 0. The minimum Gasteiger partial charge on any atom is -0.456 e. The molecule has 7 heteroatoms. The summed E-state index contributed by atoms with van der Waals surface area (Å²) in [5.74, 6) is -0.315. The molecule has 3 rings (SSSR count). The van der Waals surface area contributed by atoms with Crippen molar-refractivity contribution in [2.45, 2.75) is 26.6 Å². The number of allylic oxidation sites excluding steroid dienone is 1. The molecule has 2 aromatic rings. The number of carbonyl (C=O) groups is 1. The Morgan fingerprint density at radius 2 is 2.28 bits per heavy atom. The molecule has 3 heterocycles. The van der Waals surface area contributed by atoms with Crippen LogP contribution in [-0.2, 0) is 29.2 Å². The molecule has 0 aliphatic carbocycles. The summed E-state index contributed by atoms with van der Waals surface area (Å²) in [6.45, 7) is 7.82. The predicted molar refractivity (Wildman–Crippen MR) is 94.7 cm³/mol. The smallest absolute Gasteiger partial charge is 0.333 e. The summed E-state index contributed by atoms with van der Waals surface area (Å²) in [6, 6.07) is 5.72. The predicted octanol–water partition coefficient (Wildman–Crippen LogP) is 2.87. The normalized spacial score (nSPS) is 13.5. The number of cyclic esters (lactones) is 1. The number of rotatable bonds is 7. The van der Waals surface area contributed by atoms with E-state index in [9.17, 15) is 4.79 Å². The van der Waals surface area contributed by atoms with Crippen molar-refractivity contribution in [3.05, 3.63) is 70.9 Å². The van der Waals surface area contributed by atoms with Crippen LogP contribution in [0.3, 0.4) is 0 Å². The van der Waals surface area contributed by atoms with E-state index in [-0.39, 0.29) is 12.6 Å². The quantitative estimate of drug-likeness (QED) is 0.432. The maximum absolute atomic E-state index is 11.5. The van der Waals surface area contributed by atoms with Gasteiger partial charge >= 0.3 is 5.97 Å². The number of aromatic nitrogens is 3. The van der Waals surface area contributed by atoms with Crippen LogP contribution in [0.25, 0.3) is 0 Å². The Hall–Kier alpha value is -2.60. The molecular weight excluding hydrogens is 340 g/mol. The van der Waals surface area contributed by atoms with Gasteiger partial charge in [0.05, 0.1) is 30.2 Å². The highest BCUT2D eigenvalue weighted by atomic mass is 35.5. The number of ether oxygens (including phenoxy) is 1. The Labute approximate surface area is 151 Å². The van der Waals surface area contributed by atoms with Gasteiger partial charge in [0, 0.05) is 18.8 Å². The number of pyridine rings is 1. The van der Waals surface area contributed by atoms with Crippen LogP contribution in [0.15, 0.2) is 48.8 Å². The van der Waals surface area contributed by atoms with E-state index in [2.05, 4.69) is 21.6 Å². The first kappa shape index (κ1) is 17.2. The van der Waals surface area contributed by atoms with Gasteiger partial charge in [0.1, 0.15) is 11.8 Å². The maximum atomic E-state index is 11.5. The second-order valence-corrected chi connectivity index (χ2v) is 6.22. The van der Waals surface area contributed by atoms with E-state index < -0.39 is 0 Å². The van der Waals surface area contributed by atoms with Gasteiger partial charge < -0.3 is 9.64 Å². The molecule has 25 heavy (non-hydrogen) atoms. The summed E-state index contributed by atoms with van der Waals surface area (Å²) >= 11 is 5.86. The van der Waals surface area contributed by atoms with Crippen LogP contribution in [0.5, 0.6) is 0 Å². The van der Waals surface area contributed by atoms with Crippen molar-refractivity contribution >= 4 is 17.6 Å². The van der Waals surface area contributed by atoms with Crippen LogP contribution in [0.1, 0.15) is 17.0 Å². The van der Waals surface area contributed by atoms with Gasteiger partial charge in [0.25, 0.3) is 0 Å². The first-order chi connectivity index (χ1) is 12.0. The van der Waals surface area contributed by atoms with Crippen molar-refractivity contribution in [2.24, 2.45) is 0 Å². The van der Waals surface area contributed by atoms with Gasteiger partial charge in [0.15, 0.2) is 0 Å². The number of hydrogen-bond acceptors (Lipinski definition) is 5. The van der Waals surface area contributed by atoms with Crippen LogP contribution >= 0.6 is 11.6 Å². The molecule has 0 amide bonds. The average Bonchev–Trinajstić information content (AvgIpc) is 3.15. The van der Waals surface area contributed by atoms with Crippen LogP contribution < -0.4 is 0 Å². The largest absolute Gasteiger partial charge is 0.456 e. The molecule has 0 bridgehead atoms. The van der Waals surface area contributed by atoms with Gasteiger partial charge in [-0.2, -0.15) is 5.10 Å². The standard InChI is InChI=1S/C18H19ClN4O2/c1-3-6-23-15(7-13(2)21-23)11-22(16-8-18(24)25-12-16)10-14-4-5-17(19)20-9-14/h3-5,7-9H,1,6,10-12H2,2H3. The Morgan fingerprint density at radius 3 is 2.92 bits per heavy atom. The zero-order chi connectivity index (χ0) is 17.8. The lowest BCUT2D eigenvalue weighted by atomic mass is 10.2. The number of halogens is 1. The van der Waals surface area contributed by atoms with E-state index in [1.807, 2.05) is 29.8 Å². The molecule has 0 aromatic carbocycles. The fraction of sp³-hybridized carbons (Fsp3) is 0.278. The minimum atomic E-state index is -0.315. The summed E-state index contributed by atoms with van der Waals surface area (Å²) in [5, 5.41) is 4.94. The van der Waals surface area contributed by atoms with E-state index in [4.69, 9.17) is 16.3 Å². The fourth-order valence-corrected chi connectivity index (χ4v) is 2.84. The van der Waals surface area contributed by atoms with Crippen LogP contribution in [0.4, 0.5) is 0 Å². The highest BCUT2D eigenvalue weighted by Crippen LogP contribution is 2.20. The van der Waals surface area contributed by atoms with Crippen LogP contribution in [0.2, 0.25) is 5.15 Å². The minimum absolute atomic E-state index is 0.272. The van der Waals surface area contributed by atoms with E-state index in [0.717, 1.165) is 22.6 Å². The van der Waals surface area contributed by atoms with Crippen molar-refractivity contribution in [1.82, 2.24) is 19.7 Å². The lowest BCUT2D eigenvalue weighted by Gasteiger charge is -2.25.